The molecule has 0 radical (unpaired) electrons. The number of hydrogen-bond acceptors (Lipinski definition) is 1. The molecular weight excluding hydrogens is 322 g/mol. The van der Waals surface area contributed by atoms with E-state index in [-0.39, 0.29) is 0 Å². The van der Waals surface area contributed by atoms with Gasteiger partial charge in [-0.3, -0.25) is 0 Å². The normalized spacial score (nSPS) is 12.4. The minimum Gasteiger partial charge on any atom is -0.320 e. The minimum absolute atomic E-state index is 0.401. The highest BCUT2D eigenvalue weighted by atomic mass is 79.9. The Morgan fingerprint density at radius 1 is 1.00 bits per heavy atom. The molecule has 0 spiro atoms. The number of hydrogen-bond donors (Lipinski definition) is 1. The Labute approximate surface area is 128 Å². The molecule has 0 saturated heterocycles. The molecule has 0 fully saturated rings. The summed E-state index contributed by atoms with van der Waals surface area (Å²) in [5, 5.41) is 4.01. The Bertz CT molecular complexity index is 462. The van der Waals surface area contributed by atoms with Crippen molar-refractivity contribution in [2.75, 3.05) is 13.6 Å². The summed E-state index contributed by atoms with van der Waals surface area (Å²) >= 11 is 9.45. The van der Waals surface area contributed by atoms with Gasteiger partial charge in [0.1, 0.15) is 0 Å². The highest BCUT2D eigenvalue weighted by Crippen LogP contribution is 2.29. The first-order chi connectivity index (χ1) is 9.20. The molecule has 0 saturated carbocycles. The second kappa shape index (κ2) is 7.09. The molecule has 0 aliphatic carbocycles. The van der Waals surface area contributed by atoms with Crippen LogP contribution >= 0.6 is 27.5 Å². The molecule has 0 unspecified atom stereocenters. The van der Waals surface area contributed by atoms with Crippen molar-refractivity contribution in [3.63, 3.8) is 0 Å². The van der Waals surface area contributed by atoms with Gasteiger partial charge in [-0.25, -0.2) is 0 Å². The van der Waals surface area contributed by atoms with Gasteiger partial charge in [-0.2, -0.15) is 0 Å². The van der Waals surface area contributed by atoms with Gasteiger partial charge in [0.05, 0.1) is 0 Å². The first-order valence-electron chi connectivity index (χ1n) is 6.36. The van der Waals surface area contributed by atoms with Gasteiger partial charge in [-0.1, -0.05) is 51.8 Å². The summed E-state index contributed by atoms with van der Waals surface area (Å²) < 4.78 is 1.11. The van der Waals surface area contributed by atoms with E-state index in [4.69, 9.17) is 11.6 Å². The van der Waals surface area contributed by atoms with E-state index in [9.17, 15) is 0 Å². The minimum atomic E-state index is 0.401. The fraction of sp³-hybridized carbons (Fsp3) is 0.250. The van der Waals surface area contributed by atoms with E-state index in [1.54, 1.807) is 0 Å². The molecule has 0 amide bonds. The zero-order valence-corrected chi connectivity index (χ0v) is 13.2. The first kappa shape index (κ1) is 14.6. The SMILES string of the molecule is CNCC[C@@H](c1ccc(Cl)cc1)c1ccc(Br)cc1. The van der Waals surface area contributed by atoms with Crippen molar-refractivity contribution in [1.82, 2.24) is 5.32 Å². The highest BCUT2D eigenvalue weighted by Gasteiger charge is 2.13. The lowest BCUT2D eigenvalue weighted by atomic mass is 9.88. The molecule has 1 nitrogen and oxygen atoms in total. The number of rotatable bonds is 5. The summed E-state index contributed by atoms with van der Waals surface area (Å²) in [5.41, 5.74) is 2.64. The molecule has 19 heavy (non-hydrogen) atoms. The van der Waals surface area contributed by atoms with E-state index in [0.717, 1.165) is 22.5 Å². The van der Waals surface area contributed by atoms with Gasteiger partial charge >= 0.3 is 0 Å². The first-order valence-corrected chi connectivity index (χ1v) is 7.53. The molecule has 2 aromatic rings. The fourth-order valence-corrected chi connectivity index (χ4v) is 2.59. The van der Waals surface area contributed by atoms with Crippen LogP contribution in [-0.2, 0) is 0 Å². The lowest BCUT2D eigenvalue weighted by Crippen LogP contribution is -2.13. The Hall–Kier alpha value is -0.830. The van der Waals surface area contributed by atoms with Crippen molar-refractivity contribution >= 4 is 27.5 Å². The number of benzene rings is 2. The second-order valence-electron chi connectivity index (χ2n) is 4.55. The smallest absolute Gasteiger partial charge is 0.0406 e. The third-order valence-corrected chi connectivity index (χ3v) is 4.01. The van der Waals surface area contributed by atoms with E-state index in [2.05, 4.69) is 57.6 Å². The zero-order chi connectivity index (χ0) is 13.7. The molecule has 100 valence electrons. The fourth-order valence-electron chi connectivity index (χ4n) is 2.20. The zero-order valence-electron chi connectivity index (χ0n) is 10.9. The van der Waals surface area contributed by atoms with Crippen LogP contribution < -0.4 is 5.32 Å². The van der Waals surface area contributed by atoms with Gasteiger partial charge in [-0.15, -0.1) is 0 Å². The van der Waals surface area contributed by atoms with Crippen molar-refractivity contribution in [3.8, 4) is 0 Å². The molecule has 0 aliphatic rings. The number of halogens is 2. The van der Waals surface area contributed by atoms with Gasteiger partial charge in [-0.05, 0) is 55.4 Å². The van der Waals surface area contributed by atoms with Gasteiger partial charge < -0.3 is 5.32 Å². The molecule has 0 aliphatic heterocycles. The maximum Gasteiger partial charge on any atom is 0.0406 e. The quantitative estimate of drug-likeness (QED) is 0.822. The molecule has 2 aromatic carbocycles. The Morgan fingerprint density at radius 3 is 2.05 bits per heavy atom. The van der Waals surface area contributed by atoms with Crippen LogP contribution in [0.4, 0.5) is 0 Å². The standard InChI is InChI=1S/C16H17BrClN/c1-19-11-10-16(12-2-6-14(17)7-3-12)13-4-8-15(18)9-5-13/h2-9,16,19H,10-11H2,1H3/t16-/m1/s1. The lowest BCUT2D eigenvalue weighted by molar-refractivity contribution is 0.661. The molecule has 1 atom stereocenters. The van der Waals surface area contributed by atoms with Crippen molar-refractivity contribution in [1.29, 1.82) is 0 Å². The van der Waals surface area contributed by atoms with Gasteiger partial charge in [0.2, 0.25) is 0 Å². The second-order valence-corrected chi connectivity index (χ2v) is 5.90. The van der Waals surface area contributed by atoms with E-state index in [0.29, 0.717) is 5.92 Å². The van der Waals surface area contributed by atoms with E-state index in [1.807, 2.05) is 19.2 Å². The van der Waals surface area contributed by atoms with Crippen LogP contribution in [0.15, 0.2) is 53.0 Å². The van der Waals surface area contributed by atoms with Crippen LogP contribution in [-0.4, -0.2) is 13.6 Å². The highest BCUT2D eigenvalue weighted by molar-refractivity contribution is 9.10. The molecule has 0 bridgehead atoms. The molecule has 0 heterocycles. The summed E-state index contributed by atoms with van der Waals surface area (Å²) in [6.07, 6.45) is 1.07. The summed E-state index contributed by atoms with van der Waals surface area (Å²) in [6, 6.07) is 16.7. The van der Waals surface area contributed by atoms with Crippen LogP contribution in [0.3, 0.4) is 0 Å². The molecule has 3 heteroatoms. The maximum atomic E-state index is 5.97. The third kappa shape index (κ3) is 4.07. The van der Waals surface area contributed by atoms with E-state index in [1.165, 1.54) is 11.1 Å². The van der Waals surface area contributed by atoms with Gasteiger partial charge in [0, 0.05) is 15.4 Å². The van der Waals surface area contributed by atoms with Crippen molar-refractivity contribution in [2.24, 2.45) is 0 Å². The molecule has 2 rings (SSSR count). The third-order valence-electron chi connectivity index (χ3n) is 3.23. The molecule has 0 aromatic heterocycles. The average Bonchev–Trinajstić information content (AvgIpc) is 2.43. The summed E-state index contributed by atoms with van der Waals surface area (Å²) in [5.74, 6) is 0.401. The predicted octanol–water partition coefficient (Wildman–Crippen LogP) is 4.84. The van der Waals surface area contributed by atoms with Gasteiger partial charge in [0.25, 0.3) is 0 Å². The summed E-state index contributed by atoms with van der Waals surface area (Å²) in [7, 11) is 1.99. The largest absolute Gasteiger partial charge is 0.320 e. The topological polar surface area (TPSA) is 12.0 Å². The van der Waals surface area contributed by atoms with Crippen LogP contribution in [0.2, 0.25) is 5.02 Å². The predicted molar refractivity (Wildman–Crippen MR) is 86.0 cm³/mol. The molecule has 1 N–H and O–H groups in total. The maximum absolute atomic E-state index is 5.97. The van der Waals surface area contributed by atoms with Crippen molar-refractivity contribution < 1.29 is 0 Å². The van der Waals surface area contributed by atoms with Crippen molar-refractivity contribution in [3.05, 3.63) is 69.2 Å². The van der Waals surface area contributed by atoms with Crippen LogP contribution in [0.5, 0.6) is 0 Å². The Morgan fingerprint density at radius 2 is 1.53 bits per heavy atom. The van der Waals surface area contributed by atoms with Crippen molar-refractivity contribution in [2.45, 2.75) is 12.3 Å². The van der Waals surface area contributed by atoms with Crippen LogP contribution in [0, 0.1) is 0 Å². The van der Waals surface area contributed by atoms with Gasteiger partial charge in [0.15, 0.2) is 0 Å². The van der Waals surface area contributed by atoms with Crippen LogP contribution in [0.25, 0.3) is 0 Å². The Kier molecular flexibility index (Phi) is 5.44. The Balaban J connectivity index is 2.29. The van der Waals surface area contributed by atoms with E-state index < -0.39 is 0 Å². The number of nitrogens with one attached hydrogen (secondary N) is 1. The summed E-state index contributed by atoms with van der Waals surface area (Å²) in [6.45, 7) is 0.989. The van der Waals surface area contributed by atoms with E-state index >= 15 is 0 Å². The van der Waals surface area contributed by atoms with Crippen LogP contribution in [0.1, 0.15) is 23.5 Å². The monoisotopic (exact) mass is 337 g/mol. The summed E-state index contributed by atoms with van der Waals surface area (Å²) in [4.78, 5) is 0. The average molecular weight is 339 g/mol. The lowest BCUT2D eigenvalue weighted by Gasteiger charge is -2.18. The molecular formula is C16H17BrClN.